The van der Waals surface area contributed by atoms with E-state index in [-0.39, 0.29) is 11.2 Å². The van der Waals surface area contributed by atoms with E-state index in [0.717, 1.165) is 23.6 Å². The van der Waals surface area contributed by atoms with E-state index in [0.29, 0.717) is 0 Å². The minimum atomic E-state index is -0.911. The summed E-state index contributed by atoms with van der Waals surface area (Å²) >= 11 is 0. The van der Waals surface area contributed by atoms with Gasteiger partial charge < -0.3 is 9.67 Å². The summed E-state index contributed by atoms with van der Waals surface area (Å²) in [7, 11) is 0. The number of hydrogen-bond donors (Lipinski definition) is 1. The second-order valence-electron chi connectivity index (χ2n) is 6.99. The van der Waals surface area contributed by atoms with Gasteiger partial charge in [-0.05, 0) is 63.2 Å². The topological polar surface area (TPSA) is 55.1 Å². The zero-order chi connectivity index (χ0) is 13.2. The summed E-state index contributed by atoms with van der Waals surface area (Å²) in [6, 6.07) is 0. The van der Waals surface area contributed by atoms with Crippen molar-refractivity contribution < 1.29 is 9.90 Å². The molecule has 0 aliphatic heterocycles. The van der Waals surface area contributed by atoms with Gasteiger partial charge in [0.1, 0.15) is 5.82 Å². The standard InChI is InChI=1S/C15H20N2O2/c1-9-16-13(14(18)19)8-17(9)15-5-10-2-11(6-15)4-12(3-10)7-15/h8,10-12H,2-7H2,1H3,(H,18,19). The molecule has 1 aromatic heterocycles. The molecule has 1 heterocycles. The smallest absolute Gasteiger partial charge is 0.356 e. The molecule has 4 aliphatic carbocycles. The van der Waals surface area contributed by atoms with Gasteiger partial charge in [0, 0.05) is 11.7 Å². The highest BCUT2D eigenvalue weighted by atomic mass is 16.4. The number of rotatable bonds is 2. The van der Waals surface area contributed by atoms with Gasteiger partial charge in [0.25, 0.3) is 0 Å². The molecule has 4 aliphatic rings. The Kier molecular flexibility index (Phi) is 2.19. The first-order valence-electron chi connectivity index (χ1n) is 7.35. The first kappa shape index (κ1) is 11.5. The van der Waals surface area contributed by atoms with Crippen LogP contribution < -0.4 is 0 Å². The molecule has 4 nitrogen and oxygen atoms in total. The maximum Gasteiger partial charge on any atom is 0.356 e. The molecule has 0 saturated heterocycles. The third kappa shape index (κ3) is 1.58. The highest BCUT2D eigenvalue weighted by molar-refractivity contribution is 5.85. The zero-order valence-corrected chi connectivity index (χ0v) is 11.3. The number of aromatic nitrogens is 2. The fourth-order valence-electron chi connectivity index (χ4n) is 5.42. The van der Waals surface area contributed by atoms with Crippen LogP contribution in [-0.2, 0) is 5.54 Å². The molecule has 0 radical (unpaired) electrons. The Balaban J connectivity index is 1.77. The number of carboxylic acids is 1. The highest BCUT2D eigenvalue weighted by Crippen LogP contribution is 2.59. The van der Waals surface area contributed by atoms with Crippen molar-refractivity contribution in [1.82, 2.24) is 9.55 Å². The summed E-state index contributed by atoms with van der Waals surface area (Å²) < 4.78 is 2.21. The summed E-state index contributed by atoms with van der Waals surface area (Å²) in [6.07, 6.45) is 9.68. The Morgan fingerprint density at radius 1 is 1.26 bits per heavy atom. The molecular formula is C15H20N2O2. The average Bonchev–Trinajstić information content (AvgIpc) is 2.70. The quantitative estimate of drug-likeness (QED) is 0.889. The van der Waals surface area contributed by atoms with E-state index in [1.807, 2.05) is 6.92 Å². The Labute approximate surface area is 112 Å². The number of hydrogen-bond acceptors (Lipinski definition) is 2. The second kappa shape index (κ2) is 3.62. The first-order chi connectivity index (χ1) is 9.06. The molecule has 19 heavy (non-hydrogen) atoms. The average molecular weight is 260 g/mol. The highest BCUT2D eigenvalue weighted by Gasteiger charge is 2.52. The van der Waals surface area contributed by atoms with E-state index in [9.17, 15) is 4.79 Å². The summed E-state index contributed by atoms with van der Waals surface area (Å²) in [4.78, 5) is 15.3. The van der Waals surface area contributed by atoms with Crippen molar-refractivity contribution in [1.29, 1.82) is 0 Å². The summed E-state index contributed by atoms with van der Waals surface area (Å²) in [5, 5.41) is 9.13. The van der Waals surface area contributed by atoms with Crippen LogP contribution in [0.2, 0.25) is 0 Å². The molecule has 5 rings (SSSR count). The SMILES string of the molecule is Cc1nc(C(=O)O)cn1C12CC3CC(CC(C3)C1)C2. The van der Waals surface area contributed by atoms with Gasteiger partial charge in [-0.1, -0.05) is 0 Å². The van der Waals surface area contributed by atoms with E-state index < -0.39 is 5.97 Å². The lowest BCUT2D eigenvalue weighted by Gasteiger charge is -2.57. The first-order valence-corrected chi connectivity index (χ1v) is 7.35. The van der Waals surface area contributed by atoms with Crippen LogP contribution in [0.15, 0.2) is 6.20 Å². The fraction of sp³-hybridized carbons (Fsp3) is 0.733. The van der Waals surface area contributed by atoms with Gasteiger partial charge in [0.05, 0.1) is 0 Å². The molecule has 0 amide bonds. The lowest BCUT2D eigenvalue weighted by molar-refractivity contribution is -0.0440. The van der Waals surface area contributed by atoms with E-state index >= 15 is 0 Å². The minimum Gasteiger partial charge on any atom is -0.476 e. The van der Waals surface area contributed by atoms with Crippen LogP contribution in [0, 0.1) is 24.7 Å². The normalized spacial score (nSPS) is 39.7. The van der Waals surface area contributed by atoms with Gasteiger partial charge in [-0.15, -0.1) is 0 Å². The number of aryl methyl sites for hydroxylation is 1. The van der Waals surface area contributed by atoms with Crippen LogP contribution in [0.5, 0.6) is 0 Å². The molecule has 4 heteroatoms. The van der Waals surface area contributed by atoms with Gasteiger partial charge in [-0.25, -0.2) is 9.78 Å². The Morgan fingerprint density at radius 3 is 2.21 bits per heavy atom. The van der Waals surface area contributed by atoms with Crippen LogP contribution in [0.3, 0.4) is 0 Å². The molecule has 0 atom stereocenters. The maximum atomic E-state index is 11.1. The summed E-state index contributed by atoms with van der Waals surface area (Å²) in [5.41, 5.74) is 0.382. The number of aromatic carboxylic acids is 1. The summed E-state index contributed by atoms with van der Waals surface area (Å²) in [5.74, 6) is 2.55. The van der Waals surface area contributed by atoms with E-state index in [1.165, 1.54) is 38.5 Å². The molecule has 0 aromatic carbocycles. The van der Waals surface area contributed by atoms with E-state index in [4.69, 9.17) is 5.11 Å². The number of nitrogens with zero attached hydrogens (tertiary/aromatic N) is 2. The molecule has 4 fully saturated rings. The fourth-order valence-corrected chi connectivity index (χ4v) is 5.42. The van der Waals surface area contributed by atoms with Gasteiger partial charge >= 0.3 is 5.97 Å². The lowest BCUT2D eigenvalue weighted by Crippen LogP contribution is -2.51. The Morgan fingerprint density at radius 2 is 1.79 bits per heavy atom. The number of carboxylic acid groups (broad SMARTS) is 1. The van der Waals surface area contributed by atoms with Crippen molar-refractivity contribution >= 4 is 5.97 Å². The predicted octanol–water partition coefficient (Wildman–Crippen LogP) is 2.82. The molecule has 1 aromatic rings. The maximum absolute atomic E-state index is 11.1. The van der Waals surface area contributed by atoms with Gasteiger partial charge in [0.2, 0.25) is 0 Å². The van der Waals surface area contributed by atoms with Crippen molar-refractivity contribution in [2.75, 3.05) is 0 Å². The summed E-state index contributed by atoms with van der Waals surface area (Å²) in [6.45, 7) is 1.95. The molecular weight excluding hydrogens is 240 g/mol. The van der Waals surface area contributed by atoms with Gasteiger partial charge in [0.15, 0.2) is 5.69 Å². The van der Waals surface area contributed by atoms with Crippen molar-refractivity contribution in [2.45, 2.75) is 51.0 Å². The predicted molar refractivity (Wildman–Crippen MR) is 70.1 cm³/mol. The minimum absolute atomic E-state index is 0.180. The van der Waals surface area contributed by atoms with Crippen molar-refractivity contribution in [3.8, 4) is 0 Å². The Bertz CT molecular complexity index is 511. The molecule has 4 saturated carbocycles. The molecule has 102 valence electrons. The van der Waals surface area contributed by atoms with Crippen LogP contribution in [-0.4, -0.2) is 20.6 Å². The third-order valence-electron chi connectivity index (χ3n) is 5.62. The van der Waals surface area contributed by atoms with Gasteiger partial charge in [-0.3, -0.25) is 0 Å². The van der Waals surface area contributed by atoms with Crippen LogP contribution in [0.25, 0.3) is 0 Å². The zero-order valence-electron chi connectivity index (χ0n) is 11.3. The van der Waals surface area contributed by atoms with Gasteiger partial charge in [-0.2, -0.15) is 0 Å². The van der Waals surface area contributed by atoms with Crippen molar-refractivity contribution in [2.24, 2.45) is 17.8 Å². The molecule has 4 bridgehead atoms. The van der Waals surface area contributed by atoms with E-state index in [1.54, 1.807) is 6.20 Å². The number of carbonyl (C=O) groups is 1. The van der Waals surface area contributed by atoms with Crippen LogP contribution in [0.4, 0.5) is 0 Å². The number of imidazole rings is 1. The van der Waals surface area contributed by atoms with E-state index in [2.05, 4.69) is 9.55 Å². The Hall–Kier alpha value is -1.32. The monoisotopic (exact) mass is 260 g/mol. The molecule has 0 spiro atoms. The lowest BCUT2D eigenvalue weighted by atomic mass is 9.53. The van der Waals surface area contributed by atoms with Crippen molar-refractivity contribution in [3.63, 3.8) is 0 Å². The van der Waals surface area contributed by atoms with Crippen molar-refractivity contribution in [3.05, 3.63) is 17.7 Å². The van der Waals surface area contributed by atoms with Crippen LogP contribution in [0.1, 0.15) is 54.8 Å². The van der Waals surface area contributed by atoms with Crippen LogP contribution >= 0.6 is 0 Å². The molecule has 1 N–H and O–H groups in total. The largest absolute Gasteiger partial charge is 0.476 e. The molecule has 0 unspecified atom stereocenters. The third-order valence-corrected chi connectivity index (χ3v) is 5.62. The second-order valence-corrected chi connectivity index (χ2v) is 6.99.